The van der Waals surface area contributed by atoms with Crippen molar-refractivity contribution in [3.8, 4) is 0 Å². The van der Waals surface area contributed by atoms with E-state index in [1.165, 1.54) is 0 Å². The molecule has 27 heavy (non-hydrogen) atoms. The molecule has 142 valence electrons. The Labute approximate surface area is 159 Å². The van der Waals surface area contributed by atoms with Gasteiger partial charge in [0.15, 0.2) is 6.61 Å². The molecule has 0 fully saturated rings. The Hall–Kier alpha value is -3.15. The maximum atomic E-state index is 12.4. The number of esters is 1. The molecule has 6 heteroatoms. The van der Waals surface area contributed by atoms with Gasteiger partial charge < -0.3 is 15.0 Å². The molecular weight excluding hydrogens is 344 g/mol. The Morgan fingerprint density at radius 1 is 1.04 bits per heavy atom. The molecule has 0 saturated carbocycles. The van der Waals surface area contributed by atoms with Crippen LogP contribution in [0.1, 0.15) is 29.8 Å². The molecule has 0 radical (unpaired) electrons. The first-order valence-electron chi connectivity index (χ1n) is 8.76. The molecule has 2 aromatic carbocycles. The van der Waals surface area contributed by atoms with Gasteiger partial charge in [0, 0.05) is 17.3 Å². The van der Waals surface area contributed by atoms with Crippen molar-refractivity contribution in [2.24, 2.45) is 0 Å². The highest BCUT2D eigenvalue weighted by atomic mass is 16.5. The number of para-hydroxylation sites is 1. The number of nitrogens with one attached hydrogen (secondary N) is 1. The molecule has 6 nitrogen and oxygen atoms in total. The zero-order valence-electron chi connectivity index (χ0n) is 15.8. The molecule has 0 heterocycles. The maximum Gasteiger partial charge on any atom is 0.325 e. The molecule has 2 rings (SSSR count). The van der Waals surface area contributed by atoms with Gasteiger partial charge in [-0.15, -0.1) is 0 Å². The second-order valence-electron chi connectivity index (χ2n) is 6.41. The van der Waals surface area contributed by atoms with Crippen LogP contribution in [-0.2, 0) is 14.3 Å². The Bertz CT molecular complexity index is 803. The highest BCUT2D eigenvalue weighted by Crippen LogP contribution is 2.16. The summed E-state index contributed by atoms with van der Waals surface area (Å²) in [6, 6.07) is 16.1. The lowest BCUT2D eigenvalue weighted by atomic mass is 10.1. The van der Waals surface area contributed by atoms with Crippen molar-refractivity contribution in [2.75, 3.05) is 18.1 Å². The summed E-state index contributed by atoms with van der Waals surface area (Å²) in [5.74, 6) is -1.36. The van der Waals surface area contributed by atoms with Crippen molar-refractivity contribution >= 4 is 23.5 Å². The summed E-state index contributed by atoms with van der Waals surface area (Å²) in [6.07, 6.45) is 0. The summed E-state index contributed by atoms with van der Waals surface area (Å²) in [6.45, 7) is 4.97. The van der Waals surface area contributed by atoms with E-state index in [9.17, 15) is 14.4 Å². The lowest BCUT2D eigenvalue weighted by molar-refractivity contribution is -0.146. The Kier molecular flexibility index (Phi) is 7.11. The molecule has 0 aliphatic heterocycles. The standard InChI is InChI=1S/C21H24N2O4/c1-15(2)23(18-10-5-4-6-11-18)19(24)14-27-20(25)13-22-21(26)17-9-7-8-16(3)12-17/h4-12,15H,13-14H2,1-3H3,(H,22,26). The van der Waals surface area contributed by atoms with Crippen LogP contribution in [0.3, 0.4) is 0 Å². The van der Waals surface area contributed by atoms with Crippen molar-refractivity contribution in [3.63, 3.8) is 0 Å². The fourth-order valence-corrected chi connectivity index (χ4v) is 2.62. The van der Waals surface area contributed by atoms with E-state index in [0.29, 0.717) is 5.56 Å². The van der Waals surface area contributed by atoms with Crippen LogP contribution < -0.4 is 10.2 Å². The Morgan fingerprint density at radius 2 is 1.74 bits per heavy atom. The van der Waals surface area contributed by atoms with E-state index < -0.39 is 5.97 Å². The number of rotatable bonds is 7. The smallest absolute Gasteiger partial charge is 0.325 e. The monoisotopic (exact) mass is 368 g/mol. The summed E-state index contributed by atoms with van der Waals surface area (Å²) >= 11 is 0. The number of hydrogen-bond donors (Lipinski definition) is 1. The van der Waals surface area contributed by atoms with Crippen LogP contribution >= 0.6 is 0 Å². The van der Waals surface area contributed by atoms with E-state index in [1.54, 1.807) is 23.1 Å². The molecule has 1 N–H and O–H groups in total. The first kappa shape index (κ1) is 20.2. The van der Waals surface area contributed by atoms with Crippen LogP contribution in [-0.4, -0.2) is 37.0 Å². The predicted octanol–water partition coefficient (Wildman–Crippen LogP) is 2.71. The summed E-state index contributed by atoms with van der Waals surface area (Å²) < 4.78 is 5.02. The molecule has 0 unspecified atom stereocenters. The van der Waals surface area contributed by atoms with Gasteiger partial charge in [0.25, 0.3) is 11.8 Å². The molecule has 2 aromatic rings. The summed E-state index contributed by atoms with van der Waals surface area (Å²) in [5, 5.41) is 2.49. The van der Waals surface area contributed by atoms with Gasteiger partial charge in [-0.05, 0) is 45.0 Å². The quantitative estimate of drug-likeness (QED) is 0.763. The second kappa shape index (κ2) is 9.52. The van der Waals surface area contributed by atoms with Gasteiger partial charge in [-0.25, -0.2) is 0 Å². The Balaban J connectivity index is 1.85. The van der Waals surface area contributed by atoms with Gasteiger partial charge in [0.2, 0.25) is 0 Å². The van der Waals surface area contributed by atoms with E-state index in [-0.39, 0.29) is 31.0 Å². The van der Waals surface area contributed by atoms with Gasteiger partial charge in [0.1, 0.15) is 6.54 Å². The van der Waals surface area contributed by atoms with Crippen LogP contribution in [0.4, 0.5) is 5.69 Å². The van der Waals surface area contributed by atoms with Crippen LogP contribution in [0.15, 0.2) is 54.6 Å². The van der Waals surface area contributed by atoms with Gasteiger partial charge in [-0.3, -0.25) is 14.4 Å². The third kappa shape index (κ3) is 5.95. The van der Waals surface area contributed by atoms with E-state index >= 15 is 0 Å². The SMILES string of the molecule is Cc1cccc(C(=O)NCC(=O)OCC(=O)N(c2ccccc2)C(C)C)c1. The van der Waals surface area contributed by atoms with E-state index in [1.807, 2.05) is 57.2 Å². The lowest BCUT2D eigenvalue weighted by Crippen LogP contribution is -2.40. The van der Waals surface area contributed by atoms with Crippen LogP contribution in [0, 0.1) is 6.92 Å². The van der Waals surface area contributed by atoms with Gasteiger partial charge >= 0.3 is 5.97 Å². The molecule has 0 saturated heterocycles. The number of aryl methyl sites for hydroxylation is 1. The molecule has 2 amide bonds. The van der Waals surface area contributed by atoms with Gasteiger partial charge in [-0.2, -0.15) is 0 Å². The van der Waals surface area contributed by atoms with Gasteiger partial charge in [-0.1, -0.05) is 35.9 Å². The number of hydrogen-bond acceptors (Lipinski definition) is 4. The average molecular weight is 368 g/mol. The lowest BCUT2D eigenvalue weighted by Gasteiger charge is -2.26. The summed E-state index contributed by atoms with van der Waals surface area (Å²) in [7, 11) is 0. The highest BCUT2D eigenvalue weighted by Gasteiger charge is 2.20. The predicted molar refractivity (Wildman–Crippen MR) is 104 cm³/mol. The number of amides is 2. The van der Waals surface area contributed by atoms with Crippen LogP contribution in [0.5, 0.6) is 0 Å². The van der Waals surface area contributed by atoms with Crippen molar-refractivity contribution in [1.29, 1.82) is 0 Å². The zero-order chi connectivity index (χ0) is 19.8. The number of nitrogens with zero attached hydrogens (tertiary/aromatic N) is 1. The van der Waals surface area contributed by atoms with Crippen molar-refractivity contribution in [3.05, 3.63) is 65.7 Å². The minimum Gasteiger partial charge on any atom is -0.454 e. The average Bonchev–Trinajstić information content (AvgIpc) is 2.65. The number of anilines is 1. The molecule has 0 aliphatic rings. The van der Waals surface area contributed by atoms with E-state index in [4.69, 9.17) is 4.74 Å². The third-order valence-electron chi connectivity index (χ3n) is 3.85. The summed E-state index contributed by atoms with van der Waals surface area (Å²) in [4.78, 5) is 37.9. The molecule has 0 spiro atoms. The molecule has 0 atom stereocenters. The highest BCUT2D eigenvalue weighted by molar-refractivity contribution is 5.97. The second-order valence-corrected chi connectivity index (χ2v) is 6.41. The Morgan fingerprint density at radius 3 is 2.37 bits per heavy atom. The molecular formula is C21H24N2O4. The van der Waals surface area contributed by atoms with Crippen molar-refractivity contribution < 1.29 is 19.1 Å². The normalized spacial score (nSPS) is 10.4. The molecule has 0 aliphatic carbocycles. The van der Waals surface area contributed by atoms with E-state index in [0.717, 1.165) is 11.3 Å². The van der Waals surface area contributed by atoms with Crippen molar-refractivity contribution in [1.82, 2.24) is 5.32 Å². The topological polar surface area (TPSA) is 75.7 Å². The van der Waals surface area contributed by atoms with Crippen LogP contribution in [0.25, 0.3) is 0 Å². The fraction of sp³-hybridized carbons (Fsp3) is 0.286. The van der Waals surface area contributed by atoms with Crippen molar-refractivity contribution in [2.45, 2.75) is 26.8 Å². The zero-order valence-corrected chi connectivity index (χ0v) is 15.8. The largest absolute Gasteiger partial charge is 0.454 e. The first-order valence-corrected chi connectivity index (χ1v) is 8.76. The number of carbonyl (C=O) groups excluding carboxylic acids is 3. The number of carbonyl (C=O) groups is 3. The minimum atomic E-state index is -0.666. The van der Waals surface area contributed by atoms with E-state index in [2.05, 4.69) is 5.32 Å². The minimum absolute atomic E-state index is 0.0837. The number of ether oxygens (including phenoxy) is 1. The van der Waals surface area contributed by atoms with Crippen LogP contribution in [0.2, 0.25) is 0 Å². The maximum absolute atomic E-state index is 12.4. The van der Waals surface area contributed by atoms with Gasteiger partial charge in [0.05, 0.1) is 0 Å². The molecule has 0 bridgehead atoms. The first-order chi connectivity index (χ1) is 12.9. The fourth-order valence-electron chi connectivity index (χ4n) is 2.62. The number of benzene rings is 2. The third-order valence-corrected chi connectivity index (χ3v) is 3.85. The molecule has 0 aromatic heterocycles. The summed E-state index contributed by atoms with van der Waals surface area (Å²) in [5.41, 5.74) is 2.15.